The molecule has 0 spiro atoms. The van der Waals surface area contributed by atoms with E-state index in [0.29, 0.717) is 13.0 Å². The summed E-state index contributed by atoms with van der Waals surface area (Å²) in [5.74, 6) is -1.66. The van der Waals surface area contributed by atoms with Crippen molar-refractivity contribution < 1.29 is 13.5 Å². The highest BCUT2D eigenvalue weighted by Crippen LogP contribution is 2.35. The number of benzene rings is 1. The van der Waals surface area contributed by atoms with Gasteiger partial charge in [-0.2, -0.15) is 0 Å². The summed E-state index contributed by atoms with van der Waals surface area (Å²) < 4.78 is 32.2. The lowest BCUT2D eigenvalue weighted by atomic mass is 9.99. The Labute approximate surface area is 152 Å². The summed E-state index contributed by atoms with van der Waals surface area (Å²) in [5.41, 5.74) is 6.61. The Morgan fingerprint density at radius 2 is 2.04 bits per heavy atom. The summed E-state index contributed by atoms with van der Waals surface area (Å²) in [6, 6.07) is 7.25. The molecule has 0 radical (unpaired) electrons. The largest absolute Gasteiger partial charge is 0.497 e. The van der Waals surface area contributed by atoms with E-state index in [2.05, 4.69) is 10.3 Å². The standard InChI is InChI=1S/C16H23F2N3O.HI/c1-22-14-7-5-13(6-8-14)21-15(19)20-11-12-4-2-3-9-16(17,18)10-12;/h5-8,12H,2-4,9-11H2,1H3,(H3,19,20,21);1H. The fraction of sp³-hybridized carbons (Fsp3) is 0.562. The second-order valence-corrected chi connectivity index (χ2v) is 5.75. The van der Waals surface area contributed by atoms with E-state index in [-0.39, 0.29) is 48.7 Å². The van der Waals surface area contributed by atoms with Crippen LogP contribution in [0.15, 0.2) is 29.3 Å². The fourth-order valence-electron chi connectivity index (χ4n) is 2.69. The van der Waals surface area contributed by atoms with Crippen molar-refractivity contribution in [1.29, 1.82) is 0 Å². The Bertz CT molecular complexity index is 509. The van der Waals surface area contributed by atoms with Crippen LogP contribution in [0.4, 0.5) is 14.5 Å². The van der Waals surface area contributed by atoms with Gasteiger partial charge in [-0.05, 0) is 43.0 Å². The average molecular weight is 439 g/mol. The first-order chi connectivity index (χ1) is 10.5. The predicted octanol–water partition coefficient (Wildman–Crippen LogP) is 4.26. The maximum Gasteiger partial charge on any atom is 0.248 e. The number of alkyl halides is 2. The quantitative estimate of drug-likeness (QED) is 0.319. The topological polar surface area (TPSA) is 59.6 Å². The molecule has 1 saturated carbocycles. The van der Waals surface area contributed by atoms with Gasteiger partial charge in [0.1, 0.15) is 5.75 Å². The van der Waals surface area contributed by atoms with E-state index in [4.69, 9.17) is 10.5 Å². The van der Waals surface area contributed by atoms with Crippen LogP contribution in [0, 0.1) is 5.92 Å². The molecule has 1 aliphatic carbocycles. The summed E-state index contributed by atoms with van der Waals surface area (Å²) >= 11 is 0. The first-order valence-corrected chi connectivity index (χ1v) is 7.57. The van der Waals surface area contributed by atoms with Gasteiger partial charge in [0, 0.05) is 25.1 Å². The molecule has 7 heteroatoms. The van der Waals surface area contributed by atoms with E-state index in [0.717, 1.165) is 24.3 Å². The zero-order valence-corrected chi connectivity index (χ0v) is 15.6. The van der Waals surface area contributed by atoms with E-state index in [1.165, 1.54) is 0 Å². The maximum atomic E-state index is 13.6. The second-order valence-electron chi connectivity index (χ2n) is 5.75. The van der Waals surface area contributed by atoms with E-state index >= 15 is 0 Å². The summed E-state index contributed by atoms with van der Waals surface area (Å²) in [4.78, 5) is 4.21. The van der Waals surface area contributed by atoms with E-state index in [9.17, 15) is 8.78 Å². The molecule has 0 bridgehead atoms. The molecule has 3 N–H and O–H groups in total. The lowest BCUT2D eigenvalue weighted by molar-refractivity contribution is -0.0241. The molecule has 1 aliphatic rings. The minimum absolute atomic E-state index is 0. The van der Waals surface area contributed by atoms with Gasteiger partial charge >= 0.3 is 0 Å². The Morgan fingerprint density at radius 3 is 2.70 bits per heavy atom. The molecule has 130 valence electrons. The van der Waals surface area contributed by atoms with Gasteiger partial charge in [-0.25, -0.2) is 8.78 Å². The van der Waals surface area contributed by atoms with Gasteiger partial charge in [-0.15, -0.1) is 24.0 Å². The van der Waals surface area contributed by atoms with Crippen molar-refractivity contribution in [3.8, 4) is 5.75 Å². The number of halogens is 3. The van der Waals surface area contributed by atoms with Crippen LogP contribution in [0.5, 0.6) is 5.75 Å². The van der Waals surface area contributed by atoms with E-state index in [1.807, 2.05) is 24.3 Å². The first kappa shape index (κ1) is 19.9. The fourth-order valence-corrected chi connectivity index (χ4v) is 2.69. The minimum Gasteiger partial charge on any atom is -0.497 e. The lowest BCUT2D eigenvalue weighted by Gasteiger charge is -2.18. The number of guanidine groups is 1. The average Bonchev–Trinajstić information content (AvgIpc) is 2.66. The third kappa shape index (κ3) is 6.88. The summed E-state index contributed by atoms with van der Waals surface area (Å²) in [6.07, 6.45) is 2.11. The summed E-state index contributed by atoms with van der Waals surface area (Å²) in [6.45, 7) is 0.338. The minimum atomic E-state index is -2.56. The van der Waals surface area contributed by atoms with Gasteiger partial charge < -0.3 is 15.8 Å². The van der Waals surface area contributed by atoms with Crippen molar-refractivity contribution >= 4 is 35.6 Å². The van der Waals surface area contributed by atoms with Crippen molar-refractivity contribution in [3.63, 3.8) is 0 Å². The first-order valence-electron chi connectivity index (χ1n) is 7.57. The number of methoxy groups -OCH3 is 1. The van der Waals surface area contributed by atoms with Gasteiger partial charge in [0.25, 0.3) is 0 Å². The molecule has 0 aliphatic heterocycles. The SMILES string of the molecule is COc1ccc(NC(N)=NCC2CCCCC(F)(F)C2)cc1.I. The summed E-state index contributed by atoms with van der Waals surface area (Å²) in [7, 11) is 1.60. The molecule has 0 saturated heterocycles. The highest BCUT2D eigenvalue weighted by molar-refractivity contribution is 14.0. The molecule has 0 aromatic heterocycles. The van der Waals surface area contributed by atoms with Crippen molar-refractivity contribution in [3.05, 3.63) is 24.3 Å². The van der Waals surface area contributed by atoms with Gasteiger partial charge in [0.15, 0.2) is 5.96 Å². The second kappa shape index (κ2) is 9.24. The molecule has 0 heterocycles. The number of ether oxygens (including phenoxy) is 1. The van der Waals surface area contributed by atoms with Gasteiger partial charge in [0.05, 0.1) is 7.11 Å². The van der Waals surface area contributed by atoms with Gasteiger partial charge in [-0.3, -0.25) is 4.99 Å². The highest BCUT2D eigenvalue weighted by Gasteiger charge is 2.34. The number of nitrogens with two attached hydrogens (primary N) is 1. The smallest absolute Gasteiger partial charge is 0.248 e. The number of hydrogen-bond acceptors (Lipinski definition) is 2. The summed E-state index contributed by atoms with van der Waals surface area (Å²) in [5, 5.41) is 2.95. The molecular weight excluding hydrogens is 415 g/mol. The number of rotatable bonds is 4. The Morgan fingerprint density at radius 1 is 1.35 bits per heavy atom. The van der Waals surface area contributed by atoms with Crippen LogP contribution in [-0.4, -0.2) is 25.5 Å². The van der Waals surface area contributed by atoms with E-state index in [1.54, 1.807) is 7.11 Å². The highest BCUT2D eigenvalue weighted by atomic mass is 127. The molecule has 0 amide bonds. The normalized spacial score (nSPS) is 21.0. The lowest BCUT2D eigenvalue weighted by Crippen LogP contribution is -2.25. The maximum absolute atomic E-state index is 13.6. The van der Waals surface area contributed by atoms with Crippen molar-refractivity contribution in [2.75, 3.05) is 19.0 Å². The zero-order chi connectivity index (χ0) is 16.0. The van der Waals surface area contributed by atoms with Crippen molar-refractivity contribution in [2.24, 2.45) is 16.6 Å². The third-order valence-corrected chi connectivity index (χ3v) is 3.87. The van der Waals surface area contributed by atoms with Crippen LogP contribution in [0.25, 0.3) is 0 Å². The van der Waals surface area contributed by atoms with Crippen LogP contribution < -0.4 is 15.8 Å². The van der Waals surface area contributed by atoms with Crippen LogP contribution in [0.1, 0.15) is 32.1 Å². The van der Waals surface area contributed by atoms with E-state index < -0.39 is 5.92 Å². The number of aliphatic imine (C=N–C) groups is 1. The number of nitrogens with one attached hydrogen (secondary N) is 1. The Balaban J connectivity index is 0.00000264. The zero-order valence-electron chi connectivity index (χ0n) is 13.2. The van der Waals surface area contributed by atoms with Crippen molar-refractivity contribution in [1.82, 2.24) is 0 Å². The van der Waals surface area contributed by atoms with Crippen LogP contribution >= 0.6 is 24.0 Å². The number of hydrogen-bond donors (Lipinski definition) is 2. The number of nitrogens with zero attached hydrogens (tertiary/aromatic N) is 1. The van der Waals surface area contributed by atoms with Crippen LogP contribution in [0.3, 0.4) is 0 Å². The van der Waals surface area contributed by atoms with Crippen LogP contribution in [-0.2, 0) is 0 Å². The monoisotopic (exact) mass is 439 g/mol. The predicted molar refractivity (Wildman–Crippen MR) is 100 cm³/mol. The molecule has 1 atom stereocenters. The molecule has 1 aromatic carbocycles. The Kier molecular flexibility index (Phi) is 8.01. The van der Waals surface area contributed by atoms with Crippen molar-refractivity contribution in [2.45, 2.75) is 38.0 Å². The molecule has 1 fully saturated rings. The molecular formula is C16H24F2IN3O. The third-order valence-electron chi connectivity index (χ3n) is 3.87. The molecule has 1 unspecified atom stereocenters. The van der Waals surface area contributed by atoms with Gasteiger partial charge in [0.2, 0.25) is 5.92 Å². The Hall–Kier alpha value is -1.12. The molecule has 23 heavy (non-hydrogen) atoms. The molecule has 1 aromatic rings. The van der Waals surface area contributed by atoms with Gasteiger partial charge in [-0.1, -0.05) is 6.42 Å². The van der Waals surface area contributed by atoms with Crippen LogP contribution in [0.2, 0.25) is 0 Å². The molecule has 4 nitrogen and oxygen atoms in total. The number of anilines is 1. The molecule has 2 rings (SSSR count).